The number of aromatic nitrogens is 2. The van der Waals surface area contributed by atoms with Crippen LogP contribution in [0.15, 0.2) is 24.5 Å². The molecule has 0 saturated carbocycles. The van der Waals surface area contributed by atoms with Gasteiger partial charge in [-0.2, -0.15) is 5.10 Å². The summed E-state index contributed by atoms with van der Waals surface area (Å²) in [7, 11) is 6.01. The zero-order chi connectivity index (χ0) is 19.0. The van der Waals surface area contributed by atoms with Crippen molar-refractivity contribution in [3.05, 3.63) is 35.7 Å². The standard InChI is InChI=1S/C20H26N3O4/c1-23(2)10-6-14-11-17-19(27-13-26-17)20(25-3)18(14)16(23)12-15(24)5-9-22-8-4-7-21-22/h4,7-8,11,16H,5-6,9-10,12-13H2,1-3H3/q+1/t16-/m0/s1. The Morgan fingerprint density at radius 2 is 2.26 bits per heavy atom. The molecular formula is C20H26N3O4+. The summed E-state index contributed by atoms with van der Waals surface area (Å²) in [5.74, 6) is 2.35. The van der Waals surface area contributed by atoms with E-state index in [-0.39, 0.29) is 18.6 Å². The largest absolute Gasteiger partial charge is 0.492 e. The van der Waals surface area contributed by atoms with Crippen LogP contribution in [0.25, 0.3) is 0 Å². The first-order valence-corrected chi connectivity index (χ1v) is 9.31. The van der Waals surface area contributed by atoms with Gasteiger partial charge in [0.2, 0.25) is 12.5 Å². The highest BCUT2D eigenvalue weighted by Crippen LogP contribution is 2.51. The molecule has 0 saturated heterocycles. The topological polar surface area (TPSA) is 62.6 Å². The number of Topliss-reactive ketones (excluding diaryl/α,β-unsaturated/α-hetero) is 1. The molecule has 7 nitrogen and oxygen atoms in total. The average molecular weight is 372 g/mol. The molecule has 2 aliphatic heterocycles. The van der Waals surface area contributed by atoms with Crippen LogP contribution in [0.4, 0.5) is 0 Å². The van der Waals surface area contributed by atoms with Crippen LogP contribution in [-0.2, 0) is 17.8 Å². The Hall–Kier alpha value is -2.54. The summed E-state index contributed by atoms with van der Waals surface area (Å²) in [5, 5.41) is 4.18. The molecule has 7 heteroatoms. The first-order chi connectivity index (χ1) is 13.0. The third-order valence-corrected chi connectivity index (χ3v) is 5.68. The van der Waals surface area contributed by atoms with Crippen LogP contribution in [-0.4, -0.2) is 54.6 Å². The molecule has 0 spiro atoms. The van der Waals surface area contributed by atoms with Gasteiger partial charge in [0, 0.05) is 31.8 Å². The summed E-state index contributed by atoms with van der Waals surface area (Å²) in [6.07, 6.45) is 5.48. The van der Waals surface area contributed by atoms with E-state index in [0.717, 1.165) is 34.5 Å². The van der Waals surface area contributed by atoms with Gasteiger partial charge in [0.05, 0.1) is 39.7 Å². The van der Waals surface area contributed by atoms with Gasteiger partial charge in [0.1, 0.15) is 11.8 Å². The second kappa shape index (κ2) is 6.88. The van der Waals surface area contributed by atoms with Crippen molar-refractivity contribution in [3.8, 4) is 17.2 Å². The Bertz CT molecular complexity index is 845. The molecule has 1 atom stereocenters. The first kappa shape index (κ1) is 17.9. The second-order valence-corrected chi connectivity index (χ2v) is 7.75. The Morgan fingerprint density at radius 3 is 3.00 bits per heavy atom. The minimum absolute atomic E-state index is 0.0309. The molecule has 0 amide bonds. The average Bonchev–Trinajstić information content (AvgIpc) is 3.32. The van der Waals surface area contributed by atoms with E-state index < -0.39 is 0 Å². The lowest BCUT2D eigenvalue weighted by atomic mass is 9.86. The number of carbonyl (C=O) groups excluding carboxylic acids is 1. The van der Waals surface area contributed by atoms with Gasteiger partial charge >= 0.3 is 0 Å². The molecule has 4 rings (SSSR count). The van der Waals surface area contributed by atoms with E-state index in [9.17, 15) is 4.79 Å². The number of methoxy groups -OCH3 is 1. The number of carbonyl (C=O) groups is 1. The molecule has 3 heterocycles. The van der Waals surface area contributed by atoms with Crippen molar-refractivity contribution in [1.82, 2.24) is 9.78 Å². The number of hydrogen-bond donors (Lipinski definition) is 0. The highest BCUT2D eigenvalue weighted by atomic mass is 16.7. The van der Waals surface area contributed by atoms with E-state index >= 15 is 0 Å². The molecule has 2 aromatic rings. The van der Waals surface area contributed by atoms with E-state index in [0.29, 0.717) is 25.1 Å². The molecule has 1 aromatic carbocycles. The number of hydrogen-bond acceptors (Lipinski definition) is 5. The molecule has 0 unspecified atom stereocenters. The van der Waals surface area contributed by atoms with Crippen molar-refractivity contribution in [1.29, 1.82) is 0 Å². The van der Waals surface area contributed by atoms with E-state index in [1.807, 2.05) is 12.3 Å². The van der Waals surface area contributed by atoms with Crippen molar-refractivity contribution in [2.45, 2.75) is 31.8 Å². The van der Waals surface area contributed by atoms with E-state index in [1.54, 1.807) is 18.0 Å². The van der Waals surface area contributed by atoms with Crippen LogP contribution in [0.1, 0.15) is 30.0 Å². The van der Waals surface area contributed by atoms with Gasteiger partial charge in [-0.25, -0.2) is 0 Å². The highest BCUT2D eigenvalue weighted by Gasteiger charge is 2.42. The molecule has 0 aliphatic carbocycles. The van der Waals surface area contributed by atoms with Gasteiger partial charge in [-0.05, 0) is 17.7 Å². The predicted octanol–water partition coefficient (Wildman–Crippen LogP) is 2.34. The van der Waals surface area contributed by atoms with Crippen molar-refractivity contribution < 1.29 is 23.5 Å². The van der Waals surface area contributed by atoms with E-state index in [2.05, 4.69) is 25.3 Å². The van der Waals surface area contributed by atoms with Crippen LogP contribution >= 0.6 is 0 Å². The monoisotopic (exact) mass is 372 g/mol. The fourth-order valence-corrected chi connectivity index (χ4v) is 4.10. The van der Waals surface area contributed by atoms with Crippen molar-refractivity contribution >= 4 is 5.78 Å². The summed E-state index contributed by atoms with van der Waals surface area (Å²) in [4.78, 5) is 12.8. The molecule has 27 heavy (non-hydrogen) atoms. The van der Waals surface area contributed by atoms with Gasteiger partial charge < -0.3 is 18.7 Å². The van der Waals surface area contributed by atoms with Crippen LogP contribution in [0, 0.1) is 0 Å². The third-order valence-electron chi connectivity index (χ3n) is 5.68. The molecule has 144 valence electrons. The van der Waals surface area contributed by atoms with Crippen LogP contribution < -0.4 is 14.2 Å². The number of fused-ring (bicyclic) bond motifs is 2. The molecule has 0 N–H and O–H groups in total. The quantitative estimate of drug-likeness (QED) is 0.729. The number of rotatable bonds is 6. The normalized spacial score (nSPS) is 19.6. The van der Waals surface area contributed by atoms with Crippen molar-refractivity contribution in [3.63, 3.8) is 0 Å². The summed E-state index contributed by atoms with van der Waals surface area (Å²) in [5.41, 5.74) is 2.28. The van der Waals surface area contributed by atoms with Crippen molar-refractivity contribution in [2.24, 2.45) is 0 Å². The number of ketones is 1. The zero-order valence-electron chi connectivity index (χ0n) is 16.1. The second-order valence-electron chi connectivity index (χ2n) is 7.75. The smallest absolute Gasteiger partial charge is 0.231 e. The number of quaternary nitrogens is 1. The Morgan fingerprint density at radius 1 is 1.41 bits per heavy atom. The fraction of sp³-hybridized carbons (Fsp3) is 0.500. The lowest BCUT2D eigenvalue weighted by molar-refractivity contribution is -0.922. The predicted molar refractivity (Wildman–Crippen MR) is 99.0 cm³/mol. The Labute approximate surface area is 159 Å². The van der Waals surface area contributed by atoms with Gasteiger partial charge in [0.25, 0.3) is 0 Å². The lowest BCUT2D eigenvalue weighted by Gasteiger charge is -2.43. The Kier molecular flexibility index (Phi) is 4.55. The summed E-state index contributed by atoms with van der Waals surface area (Å²) < 4.78 is 19.5. The number of aryl methyl sites for hydroxylation is 1. The van der Waals surface area contributed by atoms with Crippen LogP contribution in [0.5, 0.6) is 17.2 Å². The van der Waals surface area contributed by atoms with Gasteiger partial charge in [-0.15, -0.1) is 0 Å². The molecule has 0 fully saturated rings. The maximum absolute atomic E-state index is 12.8. The molecule has 2 aliphatic rings. The Balaban J connectivity index is 1.63. The maximum Gasteiger partial charge on any atom is 0.231 e. The minimum atomic E-state index is 0.0309. The fourth-order valence-electron chi connectivity index (χ4n) is 4.10. The molecule has 0 bridgehead atoms. The molecule has 1 aromatic heterocycles. The number of benzene rings is 1. The third kappa shape index (κ3) is 3.27. The highest BCUT2D eigenvalue weighted by molar-refractivity contribution is 5.79. The summed E-state index contributed by atoms with van der Waals surface area (Å²) in [6, 6.07) is 3.96. The van der Waals surface area contributed by atoms with E-state index in [4.69, 9.17) is 14.2 Å². The number of nitrogens with zero attached hydrogens (tertiary/aromatic N) is 3. The van der Waals surface area contributed by atoms with Crippen LogP contribution in [0.3, 0.4) is 0 Å². The molecule has 0 radical (unpaired) electrons. The minimum Gasteiger partial charge on any atom is -0.492 e. The summed E-state index contributed by atoms with van der Waals surface area (Å²) >= 11 is 0. The number of ether oxygens (including phenoxy) is 3. The SMILES string of the molecule is COc1c2c(cc3c1[C@H](CC(=O)CCn1cccn1)[N+](C)(C)CC3)OCO2. The zero-order valence-corrected chi connectivity index (χ0v) is 16.1. The maximum atomic E-state index is 12.8. The molecular weight excluding hydrogens is 346 g/mol. The number of likely N-dealkylation sites (N-methyl/N-ethyl adjacent to an activating group) is 1. The lowest BCUT2D eigenvalue weighted by Crippen LogP contribution is -2.48. The first-order valence-electron chi connectivity index (χ1n) is 9.31. The van der Waals surface area contributed by atoms with Crippen LogP contribution in [0.2, 0.25) is 0 Å². The van der Waals surface area contributed by atoms with Gasteiger partial charge in [-0.1, -0.05) is 0 Å². The van der Waals surface area contributed by atoms with Gasteiger partial charge in [-0.3, -0.25) is 9.48 Å². The van der Waals surface area contributed by atoms with Gasteiger partial charge in [0.15, 0.2) is 11.5 Å². The van der Waals surface area contributed by atoms with Crippen molar-refractivity contribution in [2.75, 3.05) is 34.5 Å². The summed E-state index contributed by atoms with van der Waals surface area (Å²) in [6.45, 7) is 1.78. The van der Waals surface area contributed by atoms with E-state index in [1.165, 1.54) is 5.56 Å².